The third kappa shape index (κ3) is 1.60. The van der Waals surface area contributed by atoms with E-state index < -0.39 is 11.8 Å². The van der Waals surface area contributed by atoms with Gasteiger partial charge in [0.15, 0.2) is 0 Å². The summed E-state index contributed by atoms with van der Waals surface area (Å²) in [7, 11) is 0. The Balaban J connectivity index is 2.91. The molecular formula is C6H8N4O2. The third-order valence-corrected chi connectivity index (χ3v) is 1.27. The second kappa shape index (κ2) is 3.04. The molecule has 1 heterocycles. The van der Waals surface area contributed by atoms with E-state index in [4.69, 9.17) is 11.5 Å². The molecule has 0 spiro atoms. The van der Waals surface area contributed by atoms with Gasteiger partial charge in [-0.1, -0.05) is 0 Å². The minimum Gasteiger partial charge on any atom is -0.368 e. The van der Waals surface area contributed by atoms with E-state index in [9.17, 15) is 9.59 Å². The van der Waals surface area contributed by atoms with Crippen LogP contribution in [0.2, 0.25) is 0 Å². The predicted octanol–water partition coefficient (Wildman–Crippen LogP) is -1.53. The second-order valence-electron chi connectivity index (χ2n) is 2.20. The molecule has 0 unspecified atom stereocenters. The highest BCUT2D eigenvalue weighted by molar-refractivity contribution is 5.91. The number of hydrogen-bond donors (Lipinski definition) is 2. The SMILES string of the molecule is NC(=O)Cn1nccc1C(N)=O. The molecule has 1 aromatic heterocycles. The molecule has 0 radical (unpaired) electrons. The Morgan fingerprint density at radius 1 is 1.50 bits per heavy atom. The molecule has 0 bridgehead atoms. The fourth-order valence-corrected chi connectivity index (χ4v) is 0.816. The Hall–Kier alpha value is -1.85. The van der Waals surface area contributed by atoms with E-state index in [-0.39, 0.29) is 12.2 Å². The normalized spacial score (nSPS) is 9.67. The summed E-state index contributed by atoms with van der Waals surface area (Å²) >= 11 is 0. The van der Waals surface area contributed by atoms with Crippen LogP contribution in [0.4, 0.5) is 0 Å². The first kappa shape index (κ1) is 8.25. The molecule has 1 rings (SSSR count). The molecular weight excluding hydrogens is 160 g/mol. The predicted molar refractivity (Wildman–Crippen MR) is 39.9 cm³/mol. The average molecular weight is 168 g/mol. The molecule has 6 nitrogen and oxygen atoms in total. The lowest BCUT2D eigenvalue weighted by molar-refractivity contribution is -0.118. The molecule has 0 aliphatic carbocycles. The maximum Gasteiger partial charge on any atom is 0.266 e. The first-order valence-corrected chi connectivity index (χ1v) is 3.21. The van der Waals surface area contributed by atoms with Crippen LogP contribution in [0.15, 0.2) is 12.3 Å². The summed E-state index contributed by atoms with van der Waals surface area (Å²) in [5.74, 6) is -1.20. The van der Waals surface area contributed by atoms with E-state index >= 15 is 0 Å². The monoisotopic (exact) mass is 168 g/mol. The van der Waals surface area contributed by atoms with Crippen LogP contribution in [-0.4, -0.2) is 21.6 Å². The van der Waals surface area contributed by atoms with Crippen LogP contribution in [0, 0.1) is 0 Å². The van der Waals surface area contributed by atoms with Crippen LogP contribution in [0.5, 0.6) is 0 Å². The highest BCUT2D eigenvalue weighted by atomic mass is 16.2. The lowest BCUT2D eigenvalue weighted by atomic mass is 10.4. The zero-order valence-corrected chi connectivity index (χ0v) is 6.23. The Kier molecular flexibility index (Phi) is 2.09. The van der Waals surface area contributed by atoms with Crippen LogP contribution >= 0.6 is 0 Å². The van der Waals surface area contributed by atoms with Crippen LogP contribution < -0.4 is 11.5 Å². The summed E-state index contributed by atoms with van der Waals surface area (Å²) in [6.07, 6.45) is 1.38. The van der Waals surface area contributed by atoms with Crippen molar-refractivity contribution in [3.8, 4) is 0 Å². The lowest BCUT2D eigenvalue weighted by Gasteiger charge is -1.99. The number of carbonyl (C=O) groups is 2. The maximum atomic E-state index is 10.7. The molecule has 4 N–H and O–H groups in total. The number of carbonyl (C=O) groups excluding carboxylic acids is 2. The summed E-state index contributed by atoms with van der Waals surface area (Å²) in [6, 6.07) is 1.42. The molecule has 6 heteroatoms. The van der Waals surface area contributed by atoms with Gasteiger partial charge in [0.2, 0.25) is 5.91 Å². The molecule has 0 saturated heterocycles. The molecule has 64 valence electrons. The van der Waals surface area contributed by atoms with Gasteiger partial charge in [-0.05, 0) is 6.07 Å². The van der Waals surface area contributed by atoms with Crippen molar-refractivity contribution in [1.82, 2.24) is 9.78 Å². The van der Waals surface area contributed by atoms with Crippen molar-refractivity contribution < 1.29 is 9.59 Å². The molecule has 0 fully saturated rings. The molecule has 0 atom stereocenters. The molecule has 2 amide bonds. The van der Waals surface area contributed by atoms with Crippen LogP contribution in [0.25, 0.3) is 0 Å². The van der Waals surface area contributed by atoms with E-state index in [1.807, 2.05) is 0 Å². The van der Waals surface area contributed by atoms with Gasteiger partial charge in [0.05, 0.1) is 0 Å². The van der Waals surface area contributed by atoms with Gasteiger partial charge < -0.3 is 11.5 Å². The smallest absolute Gasteiger partial charge is 0.266 e. The van der Waals surface area contributed by atoms with Crippen molar-refractivity contribution in [2.75, 3.05) is 0 Å². The highest BCUT2D eigenvalue weighted by Gasteiger charge is 2.08. The number of aromatic nitrogens is 2. The van der Waals surface area contributed by atoms with Crippen molar-refractivity contribution in [3.63, 3.8) is 0 Å². The van der Waals surface area contributed by atoms with Gasteiger partial charge in [0.25, 0.3) is 5.91 Å². The van der Waals surface area contributed by atoms with Gasteiger partial charge in [0, 0.05) is 6.20 Å². The highest BCUT2D eigenvalue weighted by Crippen LogP contribution is 1.96. The van der Waals surface area contributed by atoms with E-state index in [0.717, 1.165) is 4.68 Å². The number of hydrogen-bond acceptors (Lipinski definition) is 3. The van der Waals surface area contributed by atoms with Gasteiger partial charge in [-0.25, -0.2) is 0 Å². The minimum atomic E-state index is -0.631. The van der Waals surface area contributed by atoms with E-state index in [2.05, 4.69) is 5.10 Å². The van der Waals surface area contributed by atoms with Crippen molar-refractivity contribution in [2.45, 2.75) is 6.54 Å². The molecule has 0 aromatic carbocycles. The van der Waals surface area contributed by atoms with Crippen LogP contribution in [0.3, 0.4) is 0 Å². The first-order valence-electron chi connectivity index (χ1n) is 3.21. The van der Waals surface area contributed by atoms with Crippen molar-refractivity contribution in [2.24, 2.45) is 11.5 Å². The lowest BCUT2D eigenvalue weighted by Crippen LogP contribution is -2.24. The van der Waals surface area contributed by atoms with Gasteiger partial charge in [0.1, 0.15) is 12.2 Å². The van der Waals surface area contributed by atoms with E-state index in [1.54, 1.807) is 0 Å². The summed E-state index contributed by atoms with van der Waals surface area (Å²) < 4.78 is 1.16. The molecule has 0 aliphatic heterocycles. The summed E-state index contributed by atoms with van der Waals surface area (Å²) in [5.41, 5.74) is 10.1. The largest absolute Gasteiger partial charge is 0.368 e. The quantitative estimate of drug-likeness (QED) is 0.571. The Labute approximate surface area is 68.1 Å². The number of nitrogens with two attached hydrogens (primary N) is 2. The first-order chi connectivity index (χ1) is 5.61. The number of rotatable bonds is 3. The number of amides is 2. The van der Waals surface area contributed by atoms with Crippen LogP contribution in [0.1, 0.15) is 10.5 Å². The van der Waals surface area contributed by atoms with E-state index in [1.165, 1.54) is 12.3 Å². The van der Waals surface area contributed by atoms with Crippen molar-refractivity contribution >= 4 is 11.8 Å². The summed E-state index contributed by atoms with van der Waals surface area (Å²) in [4.78, 5) is 21.1. The zero-order chi connectivity index (χ0) is 9.14. The molecule has 0 saturated carbocycles. The topological polar surface area (TPSA) is 104 Å². The third-order valence-electron chi connectivity index (χ3n) is 1.27. The number of primary amides is 2. The van der Waals surface area contributed by atoms with Crippen molar-refractivity contribution in [3.05, 3.63) is 18.0 Å². The average Bonchev–Trinajstić information content (AvgIpc) is 2.33. The Morgan fingerprint density at radius 3 is 2.67 bits per heavy atom. The second-order valence-corrected chi connectivity index (χ2v) is 2.20. The summed E-state index contributed by atoms with van der Waals surface area (Å²) in [5, 5.41) is 3.69. The van der Waals surface area contributed by atoms with E-state index in [0.29, 0.717) is 0 Å². The van der Waals surface area contributed by atoms with Gasteiger partial charge in [-0.2, -0.15) is 5.10 Å². The van der Waals surface area contributed by atoms with Gasteiger partial charge in [-0.15, -0.1) is 0 Å². The summed E-state index contributed by atoms with van der Waals surface area (Å²) in [6.45, 7) is -0.134. The molecule has 1 aromatic rings. The fourth-order valence-electron chi connectivity index (χ4n) is 0.816. The zero-order valence-electron chi connectivity index (χ0n) is 6.23. The maximum absolute atomic E-state index is 10.7. The Bertz CT molecular complexity index is 317. The molecule has 12 heavy (non-hydrogen) atoms. The minimum absolute atomic E-state index is 0.134. The van der Waals surface area contributed by atoms with Gasteiger partial charge >= 0.3 is 0 Å². The molecule has 0 aliphatic rings. The fraction of sp³-hybridized carbons (Fsp3) is 0.167. The Morgan fingerprint density at radius 2 is 2.17 bits per heavy atom. The van der Waals surface area contributed by atoms with Crippen molar-refractivity contribution in [1.29, 1.82) is 0 Å². The van der Waals surface area contributed by atoms with Gasteiger partial charge in [-0.3, -0.25) is 14.3 Å². The standard InChI is InChI=1S/C6H8N4O2/c7-5(11)3-10-4(6(8)12)1-2-9-10/h1-2H,3H2,(H2,7,11)(H2,8,12). The van der Waals surface area contributed by atoms with Crippen LogP contribution in [-0.2, 0) is 11.3 Å². The number of nitrogens with zero attached hydrogens (tertiary/aromatic N) is 2.